The molecule has 0 bridgehead atoms. The number of nitrogens with zero attached hydrogens (tertiary/aromatic N) is 1. The molecule has 0 saturated carbocycles. The molecule has 0 aliphatic carbocycles. The van der Waals surface area contributed by atoms with Crippen molar-refractivity contribution in [3.8, 4) is 6.07 Å². The standard InChI is InChI=1S/C34H31NO7/c35-21-25-16-18-29(19-17-25)30-20-33(37,40-23-27-12-6-2-7-13-27)34(38,41-24-28-14-8-3-9-15-28)31(42-30)32(36)39-22-26-10-4-1-5-11-26/h1-20,31-32,36-38H,22-24H2/t31-,32?,33+,34+/m1/s1. The van der Waals surface area contributed by atoms with Gasteiger partial charge in [0.25, 0.3) is 5.79 Å². The van der Waals surface area contributed by atoms with Gasteiger partial charge in [-0.2, -0.15) is 5.26 Å². The number of hydrogen-bond acceptors (Lipinski definition) is 8. The van der Waals surface area contributed by atoms with Gasteiger partial charge in [-0.15, -0.1) is 0 Å². The predicted molar refractivity (Wildman–Crippen MR) is 154 cm³/mol. The quantitative estimate of drug-likeness (QED) is 0.225. The second-order valence-corrected chi connectivity index (χ2v) is 9.86. The number of nitriles is 1. The molecule has 3 N–H and O–H groups in total. The molecule has 8 nitrogen and oxygen atoms in total. The van der Waals surface area contributed by atoms with Crippen molar-refractivity contribution in [2.75, 3.05) is 0 Å². The fraction of sp³-hybridized carbons (Fsp3) is 0.206. The molecule has 1 unspecified atom stereocenters. The molecule has 5 rings (SSSR count). The normalized spacial score (nSPS) is 22.4. The lowest BCUT2D eigenvalue weighted by Crippen LogP contribution is -2.68. The van der Waals surface area contributed by atoms with Gasteiger partial charge in [-0.3, -0.25) is 0 Å². The third kappa shape index (κ3) is 6.59. The van der Waals surface area contributed by atoms with Crippen LogP contribution in [0.4, 0.5) is 0 Å². The summed E-state index contributed by atoms with van der Waals surface area (Å²) in [4.78, 5) is 0. The molecule has 4 aromatic rings. The van der Waals surface area contributed by atoms with Gasteiger partial charge in [0.05, 0.1) is 31.5 Å². The predicted octanol–water partition coefficient (Wildman–Crippen LogP) is 4.64. The van der Waals surface area contributed by atoms with Crippen LogP contribution in [0.2, 0.25) is 0 Å². The van der Waals surface area contributed by atoms with E-state index in [-0.39, 0.29) is 25.6 Å². The zero-order valence-electron chi connectivity index (χ0n) is 22.7. The number of aliphatic hydroxyl groups excluding tert-OH is 1. The van der Waals surface area contributed by atoms with Crippen LogP contribution in [0.15, 0.2) is 121 Å². The minimum absolute atomic E-state index is 0.00412. The highest BCUT2D eigenvalue weighted by molar-refractivity contribution is 5.63. The average molecular weight is 566 g/mol. The lowest BCUT2D eigenvalue weighted by Gasteiger charge is -2.48. The van der Waals surface area contributed by atoms with Crippen molar-refractivity contribution in [2.45, 2.75) is 43.8 Å². The van der Waals surface area contributed by atoms with Crippen molar-refractivity contribution >= 4 is 5.76 Å². The third-order valence-electron chi connectivity index (χ3n) is 6.90. The Kier molecular flexibility index (Phi) is 9.10. The fourth-order valence-electron chi connectivity index (χ4n) is 4.56. The molecule has 0 spiro atoms. The Balaban J connectivity index is 1.53. The largest absolute Gasteiger partial charge is 0.479 e. The lowest BCUT2D eigenvalue weighted by atomic mass is 9.92. The van der Waals surface area contributed by atoms with Crippen LogP contribution in [0.5, 0.6) is 0 Å². The van der Waals surface area contributed by atoms with Gasteiger partial charge in [0, 0.05) is 11.6 Å². The van der Waals surface area contributed by atoms with Crippen molar-refractivity contribution in [1.82, 2.24) is 0 Å². The molecule has 1 aliphatic heterocycles. The molecule has 1 aliphatic rings. The molecule has 0 aromatic heterocycles. The number of rotatable bonds is 11. The summed E-state index contributed by atoms with van der Waals surface area (Å²) in [6, 6.07) is 35.9. The topological polar surface area (TPSA) is 121 Å². The summed E-state index contributed by atoms with van der Waals surface area (Å²) in [5, 5.41) is 44.8. The first-order valence-corrected chi connectivity index (χ1v) is 13.4. The first-order valence-electron chi connectivity index (χ1n) is 13.4. The van der Waals surface area contributed by atoms with Crippen molar-refractivity contribution in [1.29, 1.82) is 5.26 Å². The monoisotopic (exact) mass is 565 g/mol. The van der Waals surface area contributed by atoms with Crippen molar-refractivity contribution < 1.29 is 34.3 Å². The Bertz CT molecular complexity index is 1510. The third-order valence-corrected chi connectivity index (χ3v) is 6.90. The molecular formula is C34H31NO7. The first kappa shape index (κ1) is 29.2. The minimum Gasteiger partial charge on any atom is -0.479 e. The van der Waals surface area contributed by atoms with Gasteiger partial charge in [-0.1, -0.05) is 91.0 Å². The van der Waals surface area contributed by atoms with Gasteiger partial charge in [-0.25, -0.2) is 0 Å². The van der Waals surface area contributed by atoms with Crippen LogP contribution in [0.1, 0.15) is 27.8 Å². The van der Waals surface area contributed by atoms with Gasteiger partial charge in [0.1, 0.15) is 5.76 Å². The molecule has 4 atom stereocenters. The maximum Gasteiger partial charge on any atom is 0.269 e. The number of benzene rings is 4. The number of ether oxygens (including phenoxy) is 4. The van der Waals surface area contributed by atoms with Crippen LogP contribution < -0.4 is 0 Å². The SMILES string of the molecule is N#Cc1ccc(C2=C[C@](O)(OCc3ccccc3)[C@@](O)(OCc3ccccc3)[C@@H](C(O)OCc3ccccc3)O2)cc1. The maximum atomic E-state index is 12.2. The van der Waals surface area contributed by atoms with Crippen LogP contribution in [-0.2, 0) is 38.8 Å². The summed E-state index contributed by atoms with van der Waals surface area (Å²) in [6.45, 7) is -0.241. The number of hydrogen-bond donors (Lipinski definition) is 3. The van der Waals surface area contributed by atoms with E-state index in [9.17, 15) is 20.6 Å². The summed E-state index contributed by atoms with van der Waals surface area (Å²) < 4.78 is 23.9. The highest BCUT2D eigenvalue weighted by atomic mass is 16.7. The van der Waals surface area contributed by atoms with Gasteiger partial charge >= 0.3 is 0 Å². The van der Waals surface area contributed by atoms with Crippen LogP contribution in [-0.4, -0.2) is 39.3 Å². The second-order valence-electron chi connectivity index (χ2n) is 9.86. The lowest BCUT2D eigenvalue weighted by molar-refractivity contribution is -0.420. The van der Waals surface area contributed by atoms with Crippen LogP contribution >= 0.6 is 0 Å². The van der Waals surface area contributed by atoms with Crippen LogP contribution in [0.3, 0.4) is 0 Å². The summed E-state index contributed by atoms with van der Waals surface area (Å²) >= 11 is 0. The molecule has 8 heteroatoms. The van der Waals surface area contributed by atoms with E-state index in [1.54, 1.807) is 36.4 Å². The van der Waals surface area contributed by atoms with Crippen LogP contribution in [0.25, 0.3) is 5.76 Å². The molecule has 42 heavy (non-hydrogen) atoms. The van der Waals surface area contributed by atoms with Gasteiger partial charge in [0.15, 0.2) is 6.29 Å². The van der Waals surface area contributed by atoms with E-state index >= 15 is 0 Å². The van der Waals surface area contributed by atoms with E-state index in [4.69, 9.17) is 18.9 Å². The van der Waals surface area contributed by atoms with E-state index < -0.39 is 24.0 Å². The van der Waals surface area contributed by atoms with E-state index in [1.807, 2.05) is 78.9 Å². The average Bonchev–Trinajstić information content (AvgIpc) is 3.04. The Morgan fingerprint density at radius 1 is 0.714 bits per heavy atom. The Morgan fingerprint density at radius 2 is 1.21 bits per heavy atom. The molecule has 0 saturated heterocycles. The minimum atomic E-state index is -2.64. The van der Waals surface area contributed by atoms with Crippen molar-refractivity contribution in [3.05, 3.63) is 149 Å². The summed E-state index contributed by atoms with van der Waals surface area (Å²) in [6.07, 6.45) is -2.22. The highest BCUT2D eigenvalue weighted by Gasteiger charge is 2.63. The molecule has 0 fully saturated rings. The smallest absolute Gasteiger partial charge is 0.269 e. The molecule has 214 valence electrons. The van der Waals surface area contributed by atoms with Crippen molar-refractivity contribution in [3.63, 3.8) is 0 Å². The van der Waals surface area contributed by atoms with E-state index in [1.165, 1.54) is 6.08 Å². The Hall–Kier alpha value is -4.33. The molecule has 0 amide bonds. The van der Waals surface area contributed by atoms with Gasteiger partial charge in [-0.05, 0) is 41.0 Å². The second kappa shape index (κ2) is 13.1. The van der Waals surface area contributed by atoms with Gasteiger partial charge in [0.2, 0.25) is 11.9 Å². The molecule has 0 radical (unpaired) electrons. The summed E-state index contributed by atoms with van der Waals surface area (Å²) in [5.74, 6) is -5.06. The molecule has 4 aromatic carbocycles. The Labute approximate surface area is 244 Å². The van der Waals surface area contributed by atoms with E-state index in [0.29, 0.717) is 16.7 Å². The molecular weight excluding hydrogens is 534 g/mol. The van der Waals surface area contributed by atoms with Crippen molar-refractivity contribution in [2.24, 2.45) is 0 Å². The van der Waals surface area contributed by atoms with Crippen LogP contribution in [0, 0.1) is 11.3 Å². The fourth-order valence-corrected chi connectivity index (χ4v) is 4.56. The molecule has 1 heterocycles. The summed E-state index contributed by atoms with van der Waals surface area (Å²) in [7, 11) is 0. The zero-order chi connectivity index (χ0) is 29.4. The van der Waals surface area contributed by atoms with Gasteiger partial charge < -0.3 is 34.3 Å². The number of aliphatic hydroxyl groups is 3. The summed E-state index contributed by atoms with van der Waals surface area (Å²) in [5.41, 5.74) is 3.11. The highest BCUT2D eigenvalue weighted by Crippen LogP contribution is 2.43. The first-order chi connectivity index (χ1) is 20.4. The maximum absolute atomic E-state index is 12.2. The Morgan fingerprint density at radius 3 is 1.74 bits per heavy atom. The van der Waals surface area contributed by atoms with E-state index in [0.717, 1.165) is 11.1 Å². The van der Waals surface area contributed by atoms with E-state index in [2.05, 4.69) is 6.07 Å². The zero-order valence-corrected chi connectivity index (χ0v) is 22.7.